The number of hydrogen-bond donors (Lipinski definition) is 2. The van der Waals surface area contributed by atoms with Crippen molar-refractivity contribution in [2.45, 2.75) is 31.4 Å². The van der Waals surface area contributed by atoms with Crippen LogP contribution in [0.3, 0.4) is 0 Å². The minimum Gasteiger partial charge on any atom is -0.480 e. The Morgan fingerprint density at radius 3 is 2.58 bits per heavy atom. The number of carbonyl (C=O) groups is 2. The topological polar surface area (TPSA) is 121 Å². The molecule has 9 heteroatoms. The third-order valence-electron chi connectivity index (χ3n) is 2.89. The van der Waals surface area contributed by atoms with Crippen molar-refractivity contribution in [1.82, 2.24) is 4.31 Å². The summed E-state index contributed by atoms with van der Waals surface area (Å²) in [4.78, 5) is 21.8. The second-order valence-electron chi connectivity index (χ2n) is 4.31. The number of sulfonamides is 1. The zero-order valence-corrected chi connectivity index (χ0v) is 11.3. The van der Waals surface area contributed by atoms with Crippen molar-refractivity contribution in [1.29, 1.82) is 0 Å². The van der Waals surface area contributed by atoms with E-state index in [1.54, 1.807) is 0 Å². The lowest BCUT2D eigenvalue weighted by molar-refractivity contribution is -0.141. The number of β-amino-alcohol motifs (C(OH)–C–C–N with tert-alkyl or cyclic N) is 1. The number of nitrogens with zero attached hydrogens (tertiary/aromatic N) is 1. The van der Waals surface area contributed by atoms with Gasteiger partial charge in [0.15, 0.2) is 0 Å². The molecule has 1 saturated heterocycles. The Morgan fingerprint density at radius 2 is 2.05 bits per heavy atom. The van der Waals surface area contributed by atoms with Gasteiger partial charge in [-0.05, 0) is 6.42 Å². The van der Waals surface area contributed by atoms with E-state index in [1.807, 2.05) is 0 Å². The Balaban J connectivity index is 2.65. The largest absolute Gasteiger partial charge is 0.480 e. The van der Waals surface area contributed by atoms with E-state index in [4.69, 9.17) is 5.11 Å². The van der Waals surface area contributed by atoms with Gasteiger partial charge in [-0.2, -0.15) is 4.31 Å². The molecular weight excluding hydrogens is 278 g/mol. The van der Waals surface area contributed by atoms with Gasteiger partial charge >= 0.3 is 11.9 Å². The number of hydrogen-bond acceptors (Lipinski definition) is 6. The molecule has 0 aliphatic carbocycles. The van der Waals surface area contributed by atoms with Crippen molar-refractivity contribution >= 4 is 22.0 Å². The number of aliphatic hydroxyl groups excluding tert-OH is 1. The van der Waals surface area contributed by atoms with E-state index in [1.165, 1.54) is 7.11 Å². The van der Waals surface area contributed by atoms with Gasteiger partial charge in [-0.15, -0.1) is 0 Å². The molecule has 0 radical (unpaired) electrons. The molecule has 0 aromatic carbocycles. The lowest BCUT2D eigenvalue weighted by Gasteiger charge is -2.20. The number of esters is 1. The van der Waals surface area contributed by atoms with Crippen LogP contribution in [0.15, 0.2) is 0 Å². The summed E-state index contributed by atoms with van der Waals surface area (Å²) in [5, 5.41) is 18.3. The molecule has 2 atom stereocenters. The van der Waals surface area contributed by atoms with E-state index in [0.717, 1.165) is 4.31 Å². The standard InChI is InChI=1S/C10H17NO7S/c1-18-9(13)3-2-4-19(16,17)11-6-7(12)5-8(11)10(14)15/h7-8,12H,2-6H2,1H3,(H,14,15)/t7-,8+/m1/s1. The molecule has 2 N–H and O–H groups in total. The van der Waals surface area contributed by atoms with Gasteiger partial charge in [-0.1, -0.05) is 0 Å². The summed E-state index contributed by atoms with van der Waals surface area (Å²) in [6, 6.07) is -1.24. The van der Waals surface area contributed by atoms with Crippen molar-refractivity contribution in [2.75, 3.05) is 19.4 Å². The van der Waals surface area contributed by atoms with Crippen LogP contribution in [0, 0.1) is 0 Å². The molecule has 0 spiro atoms. The quantitative estimate of drug-likeness (QED) is 0.590. The van der Waals surface area contributed by atoms with E-state index >= 15 is 0 Å². The minimum absolute atomic E-state index is 0.0495. The van der Waals surface area contributed by atoms with Gasteiger partial charge < -0.3 is 14.9 Å². The van der Waals surface area contributed by atoms with Crippen molar-refractivity contribution < 1.29 is 33.0 Å². The summed E-state index contributed by atoms with van der Waals surface area (Å²) in [6.07, 6.45) is -1.10. The number of rotatable bonds is 6. The Labute approximate surface area is 111 Å². The van der Waals surface area contributed by atoms with E-state index < -0.39 is 34.1 Å². The monoisotopic (exact) mass is 295 g/mol. The first-order valence-corrected chi connectivity index (χ1v) is 7.36. The van der Waals surface area contributed by atoms with Crippen LogP contribution in [0.1, 0.15) is 19.3 Å². The molecule has 0 bridgehead atoms. The Bertz CT molecular complexity index is 447. The Hall–Kier alpha value is -1.19. The molecule has 1 rings (SSSR count). The normalized spacial score (nSPS) is 24.3. The summed E-state index contributed by atoms with van der Waals surface area (Å²) in [7, 11) is -2.60. The van der Waals surface area contributed by atoms with Gasteiger partial charge in [0.05, 0.1) is 19.0 Å². The predicted molar refractivity (Wildman–Crippen MR) is 63.8 cm³/mol. The first kappa shape index (κ1) is 15.9. The number of carboxylic acids is 1. The van der Waals surface area contributed by atoms with E-state index in [-0.39, 0.29) is 31.6 Å². The Kier molecular flexibility index (Phi) is 5.27. The maximum absolute atomic E-state index is 12.0. The van der Waals surface area contributed by atoms with Crippen LogP contribution in [0.25, 0.3) is 0 Å². The molecule has 19 heavy (non-hydrogen) atoms. The molecule has 0 unspecified atom stereocenters. The molecule has 0 amide bonds. The van der Waals surface area contributed by atoms with Crippen LogP contribution >= 0.6 is 0 Å². The number of carboxylic acid groups (broad SMARTS) is 1. The minimum atomic E-state index is -3.81. The van der Waals surface area contributed by atoms with E-state index in [9.17, 15) is 23.1 Å². The maximum Gasteiger partial charge on any atom is 0.322 e. The van der Waals surface area contributed by atoms with Gasteiger partial charge in [0.25, 0.3) is 0 Å². The molecule has 0 aromatic rings. The lowest BCUT2D eigenvalue weighted by Crippen LogP contribution is -2.41. The highest BCUT2D eigenvalue weighted by Gasteiger charge is 2.42. The number of methoxy groups -OCH3 is 1. The smallest absolute Gasteiger partial charge is 0.322 e. The third-order valence-corrected chi connectivity index (χ3v) is 4.81. The summed E-state index contributed by atoms with van der Waals surface area (Å²) in [5.74, 6) is -2.15. The van der Waals surface area contributed by atoms with Crippen LogP contribution in [-0.4, -0.2) is 66.4 Å². The number of aliphatic carboxylic acids is 1. The summed E-state index contributed by atoms with van der Waals surface area (Å²) in [6.45, 7) is -0.225. The first-order chi connectivity index (χ1) is 8.77. The van der Waals surface area contributed by atoms with Crippen LogP contribution in [0.4, 0.5) is 0 Å². The van der Waals surface area contributed by atoms with Crippen molar-refractivity contribution in [3.8, 4) is 0 Å². The van der Waals surface area contributed by atoms with E-state index in [0.29, 0.717) is 0 Å². The number of ether oxygens (including phenoxy) is 1. The summed E-state index contributed by atoms with van der Waals surface area (Å²) in [5.41, 5.74) is 0. The van der Waals surface area contributed by atoms with Crippen molar-refractivity contribution in [3.05, 3.63) is 0 Å². The van der Waals surface area contributed by atoms with Crippen molar-refractivity contribution in [3.63, 3.8) is 0 Å². The lowest BCUT2D eigenvalue weighted by atomic mass is 10.2. The molecular formula is C10H17NO7S. The first-order valence-electron chi connectivity index (χ1n) is 5.75. The average molecular weight is 295 g/mol. The third kappa shape index (κ3) is 4.15. The molecule has 0 saturated carbocycles. The van der Waals surface area contributed by atoms with Gasteiger partial charge in [-0.25, -0.2) is 8.42 Å². The van der Waals surface area contributed by atoms with Crippen molar-refractivity contribution in [2.24, 2.45) is 0 Å². The van der Waals surface area contributed by atoms with Gasteiger partial charge in [-0.3, -0.25) is 9.59 Å². The van der Waals surface area contributed by atoms with Gasteiger partial charge in [0.1, 0.15) is 6.04 Å². The molecule has 1 aliphatic heterocycles. The van der Waals surface area contributed by atoms with Gasteiger partial charge in [0, 0.05) is 19.4 Å². The van der Waals surface area contributed by atoms with Crippen LogP contribution < -0.4 is 0 Å². The van der Waals surface area contributed by atoms with E-state index in [2.05, 4.69) is 4.74 Å². The highest BCUT2D eigenvalue weighted by molar-refractivity contribution is 7.89. The van der Waals surface area contributed by atoms with Crippen LogP contribution in [0.2, 0.25) is 0 Å². The molecule has 0 aromatic heterocycles. The molecule has 110 valence electrons. The molecule has 1 fully saturated rings. The molecule has 8 nitrogen and oxygen atoms in total. The fourth-order valence-electron chi connectivity index (χ4n) is 1.93. The second-order valence-corrected chi connectivity index (χ2v) is 6.35. The SMILES string of the molecule is COC(=O)CCCS(=O)(=O)N1C[C@H](O)C[C@H]1C(=O)O. The number of aliphatic hydroxyl groups is 1. The zero-order chi connectivity index (χ0) is 14.6. The second kappa shape index (κ2) is 6.31. The highest BCUT2D eigenvalue weighted by atomic mass is 32.2. The fourth-order valence-corrected chi connectivity index (χ4v) is 3.64. The summed E-state index contributed by atoms with van der Waals surface area (Å²) >= 11 is 0. The fraction of sp³-hybridized carbons (Fsp3) is 0.800. The van der Waals surface area contributed by atoms with Crippen LogP contribution in [-0.2, 0) is 24.3 Å². The maximum atomic E-state index is 12.0. The molecule has 1 aliphatic rings. The predicted octanol–water partition coefficient (Wildman–Crippen LogP) is -1.21. The van der Waals surface area contributed by atoms with Crippen LogP contribution in [0.5, 0.6) is 0 Å². The summed E-state index contributed by atoms with van der Waals surface area (Å²) < 4.78 is 29.1. The molecule has 1 heterocycles. The Morgan fingerprint density at radius 1 is 1.42 bits per heavy atom. The highest BCUT2D eigenvalue weighted by Crippen LogP contribution is 2.22. The number of carbonyl (C=O) groups excluding carboxylic acids is 1. The average Bonchev–Trinajstić information content (AvgIpc) is 2.72. The van der Waals surface area contributed by atoms with Gasteiger partial charge in [0.2, 0.25) is 10.0 Å². The zero-order valence-electron chi connectivity index (χ0n) is 10.5.